The number of thioether (sulfide) groups is 1. The van der Waals surface area contributed by atoms with Gasteiger partial charge in [0.25, 0.3) is 0 Å². The summed E-state index contributed by atoms with van der Waals surface area (Å²) < 4.78 is 2.92. The van der Waals surface area contributed by atoms with E-state index in [1.807, 2.05) is 28.9 Å². The van der Waals surface area contributed by atoms with E-state index in [0.29, 0.717) is 16.3 Å². The quantitative estimate of drug-likeness (QED) is 0.704. The van der Waals surface area contributed by atoms with Gasteiger partial charge in [0.05, 0.1) is 22.0 Å². The number of carbonyl (C=O) groups is 1. The number of hydrogen-bond acceptors (Lipinski definition) is 7. The number of anilines is 1. The molecular formula is C15H16N6OS2. The molecule has 2 aromatic heterocycles. The molecule has 3 aromatic rings. The molecule has 1 aromatic carbocycles. The number of thiazole rings is 1. The first kappa shape index (κ1) is 15.5. The standard InChI is InChI=1S/C15H16N6OS2/c22-13(17-14-16-11-7-3-4-8-12(11)24-14)9-23-15-18-19-20-21(15)10-5-1-2-6-10/h3-4,7-8,10H,1-2,5-6,9H2,(H,16,17,22). The van der Waals surface area contributed by atoms with Crippen LogP contribution in [0.3, 0.4) is 0 Å². The summed E-state index contributed by atoms with van der Waals surface area (Å²) in [5, 5.41) is 16.1. The minimum Gasteiger partial charge on any atom is -0.301 e. The molecular weight excluding hydrogens is 344 g/mol. The highest BCUT2D eigenvalue weighted by atomic mass is 32.2. The first-order valence-electron chi connectivity index (χ1n) is 7.86. The van der Waals surface area contributed by atoms with Crippen molar-refractivity contribution >= 4 is 44.4 Å². The Labute approximate surface area is 146 Å². The fourth-order valence-corrected chi connectivity index (χ4v) is 4.50. The van der Waals surface area contributed by atoms with E-state index in [1.54, 1.807) is 0 Å². The molecule has 0 atom stereocenters. The first-order valence-corrected chi connectivity index (χ1v) is 9.66. The molecule has 4 rings (SSSR count). The summed E-state index contributed by atoms with van der Waals surface area (Å²) in [6.07, 6.45) is 4.65. The van der Waals surface area contributed by atoms with Crippen LogP contribution in [0.5, 0.6) is 0 Å². The predicted octanol–water partition coefficient (Wildman–Crippen LogP) is 3.13. The Balaban J connectivity index is 1.37. The highest BCUT2D eigenvalue weighted by molar-refractivity contribution is 7.99. The minimum atomic E-state index is -0.0972. The molecule has 0 spiro atoms. The zero-order valence-corrected chi connectivity index (χ0v) is 14.5. The number of rotatable bonds is 5. The average Bonchev–Trinajstić information content (AvgIpc) is 3.31. The van der Waals surface area contributed by atoms with Crippen LogP contribution in [0, 0.1) is 0 Å². The zero-order valence-electron chi connectivity index (χ0n) is 12.9. The van der Waals surface area contributed by atoms with Crippen molar-refractivity contribution in [1.29, 1.82) is 0 Å². The highest BCUT2D eigenvalue weighted by Crippen LogP contribution is 2.31. The Kier molecular flexibility index (Phi) is 4.44. The van der Waals surface area contributed by atoms with Crippen LogP contribution in [0.15, 0.2) is 29.4 Å². The van der Waals surface area contributed by atoms with Crippen molar-refractivity contribution in [2.24, 2.45) is 0 Å². The van der Waals surface area contributed by atoms with Crippen LogP contribution >= 0.6 is 23.1 Å². The lowest BCUT2D eigenvalue weighted by Crippen LogP contribution is -2.15. The Hall–Kier alpha value is -2.00. The summed E-state index contributed by atoms with van der Waals surface area (Å²) in [7, 11) is 0. The molecule has 124 valence electrons. The summed E-state index contributed by atoms with van der Waals surface area (Å²) >= 11 is 2.84. The fraction of sp³-hybridized carbons (Fsp3) is 0.400. The highest BCUT2D eigenvalue weighted by Gasteiger charge is 2.22. The minimum absolute atomic E-state index is 0.0972. The molecule has 1 amide bonds. The number of nitrogens with zero attached hydrogens (tertiary/aromatic N) is 5. The van der Waals surface area contributed by atoms with Gasteiger partial charge < -0.3 is 5.32 Å². The second kappa shape index (κ2) is 6.86. The Morgan fingerprint density at radius 2 is 2.17 bits per heavy atom. The molecule has 9 heteroatoms. The van der Waals surface area contributed by atoms with E-state index in [0.717, 1.165) is 23.1 Å². The van der Waals surface area contributed by atoms with E-state index in [9.17, 15) is 4.79 Å². The molecule has 2 heterocycles. The topological polar surface area (TPSA) is 85.6 Å². The third-order valence-electron chi connectivity index (χ3n) is 4.01. The van der Waals surface area contributed by atoms with Gasteiger partial charge in [0, 0.05) is 0 Å². The van der Waals surface area contributed by atoms with Crippen molar-refractivity contribution in [3.8, 4) is 0 Å². The van der Waals surface area contributed by atoms with Gasteiger partial charge in [0.1, 0.15) is 0 Å². The molecule has 1 aliphatic rings. The van der Waals surface area contributed by atoms with E-state index >= 15 is 0 Å². The largest absolute Gasteiger partial charge is 0.301 e. The maximum Gasteiger partial charge on any atom is 0.236 e. The van der Waals surface area contributed by atoms with Gasteiger partial charge in [0.2, 0.25) is 11.1 Å². The summed E-state index contributed by atoms with van der Waals surface area (Å²) in [4.78, 5) is 16.6. The number of hydrogen-bond donors (Lipinski definition) is 1. The zero-order chi connectivity index (χ0) is 16.4. The van der Waals surface area contributed by atoms with Gasteiger partial charge in [0.15, 0.2) is 5.13 Å². The van der Waals surface area contributed by atoms with Crippen LogP contribution in [-0.4, -0.2) is 36.9 Å². The number of tetrazole rings is 1. The molecule has 24 heavy (non-hydrogen) atoms. The molecule has 1 N–H and O–H groups in total. The van der Waals surface area contributed by atoms with Crippen LogP contribution in [0.2, 0.25) is 0 Å². The summed E-state index contributed by atoms with van der Waals surface area (Å²) in [5.74, 6) is 0.170. The molecule has 0 saturated heterocycles. The van der Waals surface area contributed by atoms with Crippen LogP contribution < -0.4 is 5.32 Å². The van der Waals surface area contributed by atoms with E-state index < -0.39 is 0 Å². The summed E-state index contributed by atoms with van der Waals surface area (Å²) in [6.45, 7) is 0. The fourth-order valence-electron chi connectivity index (χ4n) is 2.87. The molecule has 1 fully saturated rings. The van der Waals surface area contributed by atoms with Gasteiger partial charge >= 0.3 is 0 Å². The maximum atomic E-state index is 12.2. The van der Waals surface area contributed by atoms with E-state index in [1.165, 1.54) is 35.9 Å². The van der Waals surface area contributed by atoms with Crippen molar-refractivity contribution in [3.63, 3.8) is 0 Å². The van der Waals surface area contributed by atoms with E-state index in [2.05, 4.69) is 25.8 Å². The Morgan fingerprint density at radius 1 is 1.33 bits per heavy atom. The number of nitrogens with one attached hydrogen (secondary N) is 1. The lowest BCUT2D eigenvalue weighted by molar-refractivity contribution is -0.113. The second-order valence-electron chi connectivity index (χ2n) is 5.67. The predicted molar refractivity (Wildman–Crippen MR) is 94.3 cm³/mol. The number of carbonyl (C=O) groups excluding carboxylic acids is 1. The van der Waals surface area contributed by atoms with Gasteiger partial charge in [-0.05, 0) is 35.4 Å². The number of fused-ring (bicyclic) bond motifs is 1. The number of aromatic nitrogens is 5. The van der Waals surface area contributed by atoms with Crippen LogP contribution in [0.25, 0.3) is 10.2 Å². The summed E-state index contributed by atoms with van der Waals surface area (Å²) in [5.41, 5.74) is 0.899. The van der Waals surface area contributed by atoms with Crippen molar-refractivity contribution in [1.82, 2.24) is 25.2 Å². The molecule has 7 nitrogen and oxygen atoms in total. The first-order chi connectivity index (χ1) is 11.8. The second-order valence-corrected chi connectivity index (χ2v) is 7.64. The van der Waals surface area contributed by atoms with Gasteiger partial charge in [-0.2, -0.15) is 0 Å². The molecule has 1 aliphatic carbocycles. The SMILES string of the molecule is O=C(CSc1nnnn1C1CCCC1)Nc1nc2ccccc2s1. The molecule has 0 unspecified atom stereocenters. The third-order valence-corrected chi connectivity index (χ3v) is 5.89. The van der Waals surface area contributed by atoms with E-state index in [4.69, 9.17) is 0 Å². The average molecular weight is 360 g/mol. The van der Waals surface area contributed by atoms with Gasteiger partial charge in [-0.3, -0.25) is 4.79 Å². The van der Waals surface area contributed by atoms with Gasteiger partial charge in [-0.25, -0.2) is 9.67 Å². The van der Waals surface area contributed by atoms with Crippen molar-refractivity contribution in [3.05, 3.63) is 24.3 Å². The van der Waals surface area contributed by atoms with Crippen LogP contribution in [0.1, 0.15) is 31.7 Å². The van der Waals surface area contributed by atoms with Gasteiger partial charge in [-0.15, -0.1) is 5.10 Å². The lowest BCUT2D eigenvalue weighted by atomic mass is 10.3. The maximum absolute atomic E-state index is 12.2. The van der Waals surface area contributed by atoms with Crippen LogP contribution in [-0.2, 0) is 4.79 Å². The van der Waals surface area contributed by atoms with Crippen molar-refractivity contribution in [2.75, 3.05) is 11.1 Å². The van der Waals surface area contributed by atoms with Crippen molar-refractivity contribution in [2.45, 2.75) is 36.9 Å². The van der Waals surface area contributed by atoms with Crippen molar-refractivity contribution < 1.29 is 4.79 Å². The molecule has 0 aliphatic heterocycles. The normalized spacial score (nSPS) is 15.2. The Morgan fingerprint density at radius 3 is 3.00 bits per heavy atom. The number of benzene rings is 1. The number of para-hydroxylation sites is 1. The smallest absolute Gasteiger partial charge is 0.236 e. The van der Waals surface area contributed by atoms with E-state index in [-0.39, 0.29) is 11.7 Å². The Bertz CT molecular complexity index is 821. The lowest BCUT2D eigenvalue weighted by Gasteiger charge is -2.10. The van der Waals surface area contributed by atoms with Crippen LogP contribution in [0.4, 0.5) is 5.13 Å². The summed E-state index contributed by atoms with van der Waals surface area (Å²) in [6, 6.07) is 8.20. The van der Waals surface area contributed by atoms with Gasteiger partial charge in [-0.1, -0.05) is 48.1 Å². The molecule has 0 bridgehead atoms. The molecule has 0 radical (unpaired) electrons. The molecule has 1 saturated carbocycles. The third kappa shape index (κ3) is 3.27. The monoisotopic (exact) mass is 360 g/mol. The number of amides is 1.